The largest absolute Gasteiger partial charge is 0.483 e. The molecule has 0 aromatic heterocycles. The lowest BCUT2D eigenvalue weighted by Gasteiger charge is -2.08. The Hall–Kier alpha value is -2.45. The second-order valence-corrected chi connectivity index (χ2v) is 4.76. The highest BCUT2D eigenvalue weighted by molar-refractivity contribution is 6.03. The number of hydrogen-bond donors (Lipinski definition) is 1. The first kappa shape index (κ1) is 16.9. The van der Waals surface area contributed by atoms with Gasteiger partial charge in [0, 0.05) is 0 Å². The van der Waals surface area contributed by atoms with E-state index in [1.165, 1.54) is 0 Å². The minimum atomic E-state index is -0.546. The van der Waals surface area contributed by atoms with Crippen molar-refractivity contribution in [3.63, 3.8) is 0 Å². The number of benzene rings is 1. The van der Waals surface area contributed by atoms with Crippen LogP contribution in [0.1, 0.15) is 20.7 Å². The molecule has 23 heavy (non-hydrogen) atoms. The van der Waals surface area contributed by atoms with Gasteiger partial charge in [-0.15, -0.1) is 0 Å². The van der Waals surface area contributed by atoms with Crippen molar-refractivity contribution in [2.24, 2.45) is 0 Å². The average Bonchev–Trinajstić information content (AvgIpc) is 3.46. The van der Waals surface area contributed by atoms with Gasteiger partial charge in [0.25, 0.3) is 6.47 Å². The molecule has 0 spiro atoms. The van der Waals surface area contributed by atoms with Gasteiger partial charge in [0.2, 0.25) is 0 Å². The molecule has 0 bridgehead atoms. The topological polar surface area (TPSA) is 115 Å². The molecular weight excluding hydrogens is 308 g/mol. The van der Waals surface area contributed by atoms with E-state index in [1.54, 1.807) is 24.3 Å². The quantitative estimate of drug-likeness (QED) is 0.457. The van der Waals surface area contributed by atoms with E-state index in [9.17, 15) is 9.59 Å². The Kier molecular flexibility index (Phi) is 6.07. The van der Waals surface area contributed by atoms with E-state index in [1.807, 2.05) is 0 Å². The smallest absolute Gasteiger partial charge is 0.339 e. The SMILES string of the molecule is O=C(OCC1CO1)c1ccccc1C(=O)OCC1CO1.O=CO. The molecule has 0 amide bonds. The number of hydrogen-bond acceptors (Lipinski definition) is 7. The van der Waals surface area contributed by atoms with Crippen molar-refractivity contribution < 1.29 is 38.4 Å². The summed E-state index contributed by atoms with van der Waals surface area (Å²) in [5, 5.41) is 6.89. The molecule has 0 radical (unpaired) electrons. The Labute approximate surface area is 131 Å². The van der Waals surface area contributed by atoms with Gasteiger partial charge in [0.15, 0.2) is 0 Å². The highest BCUT2D eigenvalue weighted by Crippen LogP contribution is 2.16. The van der Waals surface area contributed by atoms with E-state index in [2.05, 4.69) is 0 Å². The molecule has 0 saturated carbocycles. The normalized spacial score (nSPS) is 20.5. The second-order valence-electron chi connectivity index (χ2n) is 4.76. The Morgan fingerprint density at radius 2 is 1.39 bits per heavy atom. The van der Waals surface area contributed by atoms with Gasteiger partial charge in [-0.05, 0) is 12.1 Å². The third-order valence-electron chi connectivity index (χ3n) is 2.97. The molecule has 2 atom stereocenters. The van der Waals surface area contributed by atoms with Gasteiger partial charge in [-0.25, -0.2) is 9.59 Å². The van der Waals surface area contributed by atoms with E-state index < -0.39 is 11.9 Å². The first-order valence-electron chi connectivity index (χ1n) is 6.90. The molecule has 2 fully saturated rings. The zero-order valence-electron chi connectivity index (χ0n) is 12.2. The number of carbonyl (C=O) groups is 3. The molecule has 1 aromatic rings. The predicted octanol–water partition coefficient (Wildman–Crippen LogP) is 0.499. The van der Waals surface area contributed by atoms with E-state index >= 15 is 0 Å². The fourth-order valence-electron chi connectivity index (χ4n) is 1.66. The minimum Gasteiger partial charge on any atom is -0.483 e. The van der Waals surface area contributed by atoms with Gasteiger partial charge in [0.05, 0.1) is 24.3 Å². The van der Waals surface area contributed by atoms with Crippen LogP contribution >= 0.6 is 0 Å². The first-order chi connectivity index (χ1) is 11.2. The van der Waals surface area contributed by atoms with Crippen molar-refractivity contribution >= 4 is 18.4 Å². The van der Waals surface area contributed by atoms with E-state index in [0.29, 0.717) is 13.2 Å². The average molecular weight is 324 g/mol. The monoisotopic (exact) mass is 324 g/mol. The summed E-state index contributed by atoms with van der Waals surface area (Å²) in [7, 11) is 0. The number of ether oxygens (including phenoxy) is 4. The molecule has 0 aliphatic carbocycles. The van der Waals surface area contributed by atoms with E-state index in [0.717, 1.165) is 0 Å². The van der Waals surface area contributed by atoms with E-state index in [4.69, 9.17) is 28.8 Å². The number of carbonyl (C=O) groups excluding carboxylic acids is 2. The Morgan fingerprint density at radius 3 is 1.70 bits per heavy atom. The zero-order valence-corrected chi connectivity index (χ0v) is 12.2. The first-order valence-corrected chi connectivity index (χ1v) is 6.90. The molecule has 8 heteroatoms. The molecule has 2 heterocycles. The van der Waals surface area contributed by atoms with Crippen LogP contribution in [0, 0.1) is 0 Å². The van der Waals surface area contributed by atoms with Gasteiger partial charge < -0.3 is 24.1 Å². The van der Waals surface area contributed by atoms with Gasteiger partial charge >= 0.3 is 11.9 Å². The Bertz CT molecular complexity index is 515. The lowest BCUT2D eigenvalue weighted by atomic mass is 10.1. The maximum Gasteiger partial charge on any atom is 0.339 e. The fourth-order valence-corrected chi connectivity index (χ4v) is 1.66. The standard InChI is InChI=1S/C14H14O6.CH2O2/c15-13(19-7-9-5-17-9)11-3-1-2-4-12(11)14(16)20-8-10-6-18-10;2-1-3/h1-4,9-10H,5-8H2;1H,(H,2,3). The number of rotatable bonds is 6. The Morgan fingerprint density at radius 1 is 1.04 bits per heavy atom. The van der Waals surface area contributed by atoms with Gasteiger partial charge in [0.1, 0.15) is 25.4 Å². The van der Waals surface area contributed by atoms with Crippen LogP contribution in [0.15, 0.2) is 24.3 Å². The molecule has 2 saturated heterocycles. The molecule has 1 N–H and O–H groups in total. The highest BCUT2D eigenvalue weighted by Gasteiger charge is 2.27. The zero-order chi connectivity index (χ0) is 16.7. The van der Waals surface area contributed by atoms with Gasteiger partial charge in [-0.2, -0.15) is 0 Å². The number of esters is 2. The van der Waals surface area contributed by atoms with Crippen LogP contribution in [0.4, 0.5) is 0 Å². The third-order valence-corrected chi connectivity index (χ3v) is 2.97. The second kappa shape index (κ2) is 8.25. The Balaban J connectivity index is 0.000000595. The minimum absolute atomic E-state index is 0.00919. The summed E-state index contributed by atoms with van der Waals surface area (Å²) in [5.41, 5.74) is 0.407. The van der Waals surface area contributed by atoms with Crippen molar-refractivity contribution in [3.05, 3.63) is 35.4 Å². The van der Waals surface area contributed by atoms with Crippen LogP contribution in [0.2, 0.25) is 0 Å². The summed E-state index contributed by atoms with van der Waals surface area (Å²) >= 11 is 0. The van der Waals surface area contributed by atoms with Crippen LogP contribution in [-0.2, 0) is 23.7 Å². The van der Waals surface area contributed by atoms with Crippen LogP contribution in [0.5, 0.6) is 0 Å². The number of carboxylic acid groups (broad SMARTS) is 1. The summed E-state index contributed by atoms with van der Waals surface area (Å²) in [6.07, 6.45) is -0.0184. The summed E-state index contributed by atoms with van der Waals surface area (Å²) in [6, 6.07) is 6.43. The summed E-state index contributed by atoms with van der Waals surface area (Å²) < 4.78 is 20.1. The van der Waals surface area contributed by atoms with Crippen molar-refractivity contribution in [1.82, 2.24) is 0 Å². The summed E-state index contributed by atoms with van der Waals surface area (Å²) in [6.45, 7) is 1.38. The predicted molar refractivity (Wildman–Crippen MR) is 75.2 cm³/mol. The van der Waals surface area contributed by atoms with Crippen LogP contribution in [0.25, 0.3) is 0 Å². The number of epoxide rings is 2. The van der Waals surface area contributed by atoms with Crippen molar-refractivity contribution in [1.29, 1.82) is 0 Å². The fraction of sp³-hybridized carbons (Fsp3) is 0.400. The lowest BCUT2D eigenvalue weighted by molar-refractivity contribution is -0.122. The summed E-state index contributed by atoms with van der Waals surface area (Å²) in [4.78, 5) is 32.2. The maximum atomic E-state index is 11.9. The molecule has 124 valence electrons. The molecule has 2 unspecified atom stereocenters. The lowest BCUT2D eigenvalue weighted by Crippen LogP contribution is -2.17. The molecule has 2 aliphatic heterocycles. The molecule has 8 nitrogen and oxygen atoms in total. The van der Waals surface area contributed by atoms with Crippen molar-refractivity contribution in [3.8, 4) is 0 Å². The molecular formula is C15H16O8. The maximum absolute atomic E-state index is 11.9. The summed E-state index contributed by atoms with van der Waals surface area (Å²) in [5.74, 6) is -1.09. The van der Waals surface area contributed by atoms with E-state index in [-0.39, 0.29) is 43.0 Å². The van der Waals surface area contributed by atoms with Gasteiger partial charge in [-0.1, -0.05) is 12.1 Å². The third kappa shape index (κ3) is 5.68. The highest BCUT2D eigenvalue weighted by atomic mass is 16.6. The van der Waals surface area contributed by atoms with Crippen LogP contribution in [0.3, 0.4) is 0 Å². The van der Waals surface area contributed by atoms with Gasteiger partial charge in [-0.3, -0.25) is 4.79 Å². The molecule has 2 aliphatic rings. The van der Waals surface area contributed by atoms with Crippen LogP contribution in [-0.4, -0.2) is 62.2 Å². The molecule has 3 rings (SSSR count). The molecule has 1 aromatic carbocycles. The van der Waals surface area contributed by atoms with Crippen molar-refractivity contribution in [2.75, 3.05) is 26.4 Å². The van der Waals surface area contributed by atoms with Crippen LogP contribution < -0.4 is 0 Å². The van der Waals surface area contributed by atoms with Crippen molar-refractivity contribution in [2.45, 2.75) is 12.2 Å².